The summed E-state index contributed by atoms with van der Waals surface area (Å²) >= 11 is 0. The quantitative estimate of drug-likeness (QED) is 0.205. The fourth-order valence-electron chi connectivity index (χ4n) is 5.94. The Balaban J connectivity index is 1.24. The molecular formula is C39H26N4. The molecule has 8 rings (SSSR count). The molecule has 0 atom stereocenters. The summed E-state index contributed by atoms with van der Waals surface area (Å²) in [5, 5.41) is 7.46. The Morgan fingerprint density at radius 1 is 0.349 bits per heavy atom. The summed E-state index contributed by atoms with van der Waals surface area (Å²) in [7, 11) is 0. The first-order chi connectivity index (χ1) is 21.2. The van der Waals surface area contributed by atoms with E-state index in [0.29, 0.717) is 0 Å². The van der Waals surface area contributed by atoms with Gasteiger partial charge in [-0.05, 0) is 98.9 Å². The molecule has 0 amide bonds. The summed E-state index contributed by atoms with van der Waals surface area (Å²) in [6.07, 6.45) is 7.48. The Morgan fingerprint density at radius 2 is 0.791 bits per heavy atom. The molecule has 0 N–H and O–H groups in total. The summed E-state index contributed by atoms with van der Waals surface area (Å²) in [4.78, 5) is 18.3. The van der Waals surface area contributed by atoms with Crippen molar-refractivity contribution in [2.45, 2.75) is 6.92 Å². The van der Waals surface area contributed by atoms with E-state index in [4.69, 9.17) is 9.97 Å². The minimum Gasteiger partial charge on any atom is -0.255 e. The van der Waals surface area contributed by atoms with Crippen molar-refractivity contribution in [3.63, 3.8) is 0 Å². The molecule has 0 aliphatic heterocycles. The number of pyridine rings is 4. The van der Waals surface area contributed by atoms with E-state index in [2.05, 4.69) is 83.6 Å². The number of aryl methyl sites for hydroxylation is 1. The number of fused-ring (bicyclic) bond motifs is 6. The van der Waals surface area contributed by atoms with Gasteiger partial charge in [0.15, 0.2) is 0 Å². The standard InChI is InChI=1S/C39H26N4/c1-25-8-13-32-33(20-25)35-22-27(29-12-17-39(43-24-29)37-7-3-5-19-41-37)10-15-31(35)30-14-9-26(21-34(30)32)28-11-16-38(42-23-28)36-6-2-4-18-40-36/h2-24H,1H3. The van der Waals surface area contributed by atoms with Crippen LogP contribution in [-0.4, -0.2) is 19.9 Å². The van der Waals surface area contributed by atoms with Gasteiger partial charge in [0.05, 0.1) is 22.8 Å². The van der Waals surface area contributed by atoms with E-state index in [9.17, 15) is 0 Å². The van der Waals surface area contributed by atoms with Gasteiger partial charge in [0, 0.05) is 35.9 Å². The van der Waals surface area contributed by atoms with Gasteiger partial charge in [-0.1, -0.05) is 72.3 Å². The molecular weight excluding hydrogens is 524 g/mol. The number of hydrogen-bond donors (Lipinski definition) is 0. The molecule has 0 fully saturated rings. The highest BCUT2D eigenvalue weighted by Gasteiger charge is 2.13. The molecule has 0 unspecified atom stereocenters. The van der Waals surface area contributed by atoms with Gasteiger partial charge in [0.25, 0.3) is 0 Å². The van der Waals surface area contributed by atoms with Crippen LogP contribution in [0.5, 0.6) is 0 Å². The minimum absolute atomic E-state index is 0.870. The molecule has 8 aromatic rings. The van der Waals surface area contributed by atoms with E-state index < -0.39 is 0 Å². The summed E-state index contributed by atoms with van der Waals surface area (Å²) in [5.74, 6) is 0. The van der Waals surface area contributed by atoms with Crippen LogP contribution in [-0.2, 0) is 0 Å². The molecule has 0 aliphatic carbocycles. The SMILES string of the molecule is Cc1ccc2c(c1)c1cc(-c3ccc(-c4ccccn4)nc3)ccc1c1ccc(-c3ccc(-c4ccccn4)nc3)cc12. The highest BCUT2D eigenvalue weighted by molar-refractivity contribution is 6.26. The first-order valence-corrected chi connectivity index (χ1v) is 14.4. The lowest BCUT2D eigenvalue weighted by atomic mass is 9.90. The van der Waals surface area contributed by atoms with Crippen molar-refractivity contribution in [3.05, 3.63) is 146 Å². The van der Waals surface area contributed by atoms with Crippen LogP contribution in [0.1, 0.15) is 5.56 Å². The topological polar surface area (TPSA) is 51.6 Å². The summed E-state index contributed by atoms with van der Waals surface area (Å²) in [5.41, 5.74) is 9.18. The van der Waals surface area contributed by atoms with Crippen molar-refractivity contribution in [1.29, 1.82) is 0 Å². The van der Waals surface area contributed by atoms with E-state index in [0.717, 1.165) is 45.0 Å². The Morgan fingerprint density at radius 3 is 1.28 bits per heavy atom. The first kappa shape index (κ1) is 25.0. The van der Waals surface area contributed by atoms with Crippen molar-refractivity contribution < 1.29 is 0 Å². The van der Waals surface area contributed by atoms with Crippen molar-refractivity contribution in [2.75, 3.05) is 0 Å². The molecule has 0 spiro atoms. The Labute approximate surface area is 249 Å². The monoisotopic (exact) mass is 550 g/mol. The maximum Gasteiger partial charge on any atom is 0.0886 e. The average molecular weight is 551 g/mol. The molecule has 0 aliphatic rings. The normalized spacial score (nSPS) is 11.4. The number of hydrogen-bond acceptors (Lipinski definition) is 4. The van der Waals surface area contributed by atoms with Gasteiger partial charge in [-0.3, -0.25) is 19.9 Å². The van der Waals surface area contributed by atoms with E-state index in [1.54, 1.807) is 12.4 Å². The van der Waals surface area contributed by atoms with Crippen LogP contribution < -0.4 is 0 Å². The van der Waals surface area contributed by atoms with Crippen LogP contribution in [0.25, 0.3) is 77.3 Å². The zero-order chi connectivity index (χ0) is 28.8. The molecule has 0 radical (unpaired) electrons. The van der Waals surface area contributed by atoms with Gasteiger partial charge in [-0.2, -0.15) is 0 Å². The van der Waals surface area contributed by atoms with Crippen molar-refractivity contribution >= 4 is 32.3 Å². The second kappa shape index (κ2) is 10.3. The number of nitrogens with zero attached hydrogens (tertiary/aromatic N) is 4. The van der Waals surface area contributed by atoms with Crippen LogP contribution in [0.15, 0.2) is 140 Å². The smallest absolute Gasteiger partial charge is 0.0886 e. The van der Waals surface area contributed by atoms with Gasteiger partial charge in [0.2, 0.25) is 0 Å². The molecule has 43 heavy (non-hydrogen) atoms. The fraction of sp³-hybridized carbons (Fsp3) is 0.0256. The van der Waals surface area contributed by atoms with E-state index >= 15 is 0 Å². The van der Waals surface area contributed by atoms with Crippen LogP contribution >= 0.6 is 0 Å². The summed E-state index contributed by atoms with van der Waals surface area (Å²) in [6.45, 7) is 2.16. The highest BCUT2D eigenvalue weighted by Crippen LogP contribution is 2.39. The van der Waals surface area contributed by atoms with E-state index in [1.165, 1.54) is 37.9 Å². The molecule has 0 bridgehead atoms. The van der Waals surface area contributed by atoms with E-state index in [-0.39, 0.29) is 0 Å². The van der Waals surface area contributed by atoms with Crippen molar-refractivity contribution in [2.24, 2.45) is 0 Å². The molecule has 0 saturated carbocycles. The molecule has 202 valence electrons. The first-order valence-electron chi connectivity index (χ1n) is 14.4. The number of benzene rings is 4. The van der Waals surface area contributed by atoms with Gasteiger partial charge >= 0.3 is 0 Å². The van der Waals surface area contributed by atoms with Crippen molar-refractivity contribution in [3.8, 4) is 45.0 Å². The third kappa shape index (κ3) is 4.50. The lowest BCUT2D eigenvalue weighted by Gasteiger charge is -2.14. The lowest BCUT2D eigenvalue weighted by Crippen LogP contribution is -1.90. The van der Waals surface area contributed by atoms with Crippen LogP contribution in [0.3, 0.4) is 0 Å². The zero-order valence-electron chi connectivity index (χ0n) is 23.6. The maximum absolute atomic E-state index is 4.72. The zero-order valence-corrected chi connectivity index (χ0v) is 23.6. The van der Waals surface area contributed by atoms with Crippen molar-refractivity contribution in [1.82, 2.24) is 19.9 Å². The summed E-state index contributed by atoms with van der Waals surface area (Å²) in [6, 6.07) is 40.4. The fourth-order valence-corrected chi connectivity index (χ4v) is 5.94. The Bertz CT molecular complexity index is 2260. The molecule has 4 aromatic carbocycles. The predicted octanol–water partition coefficient (Wildman–Crippen LogP) is 9.70. The number of rotatable bonds is 4. The van der Waals surface area contributed by atoms with Crippen LogP contribution in [0, 0.1) is 6.92 Å². The van der Waals surface area contributed by atoms with Gasteiger partial charge in [-0.25, -0.2) is 0 Å². The highest BCUT2D eigenvalue weighted by atomic mass is 14.8. The lowest BCUT2D eigenvalue weighted by molar-refractivity contribution is 1.25. The second-order valence-electron chi connectivity index (χ2n) is 10.9. The third-order valence-corrected chi connectivity index (χ3v) is 8.13. The van der Waals surface area contributed by atoms with Crippen LogP contribution in [0.2, 0.25) is 0 Å². The third-order valence-electron chi connectivity index (χ3n) is 8.13. The largest absolute Gasteiger partial charge is 0.255 e. The Kier molecular flexibility index (Phi) is 5.97. The van der Waals surface area contributed by atoms with Gasteiger partial charge in [-0.15, -0.1) is 0 Å². The Hall–Kier alpha value is -5.74. The minimum atomic E-state index is 0.870. The molecule has 4 heterocycles. The van der Waals surface area contributed by atoms with Crippen LogP contribution in [0.4, 0.5) is 0 Å². The molecule has 4 aromatic heterocycles. The average Bonchev–Trinajstić information content (AvgIpc) is 3.09. The molecule has 4 nitrogen and oxygen atoms in total. The predicted molar refractivity (Wildman–Crippen MR) is 177 cm³/mol. The van der Waals surface area contributed by atoms with Gasteiger partial charge in [0.1, 0.15) is 0 Å². The maximum atomic E-state index is 4.72. The number of aromatic nitrogens is 4. The van der Waals surface area contributed by atoms with E-state index in [1.807, 2.05) is 60.9 Å². The molecule has 0 saturated heterocycles. The summed E-state index contributed by atoms with van der Waals surface area (Å²) < 4.78 is 0. The second-order valence-corrected chi connectivity index (χ2v) is 10.9. The molecule has 4 heteroatoms. The van der Waals surface area contributed by atoms with Gasteiger partial charge < -0.3 is 0 Å².